The molecule has 4 rings (SSSR count). The fraction of sp³-hybridized carbons (Fsp3) is 0.609. The van der Waals surface area contributed by atoms with Crippen LogP contribution >= 0.6 is 0 Å². The van der Waals surface area contributed by atoms with Crippen LogP contribution in [0, 0.1) is 18.8 Å². The number of carbonyl (C=O) groups is 1. The molecule has 2 aromatic rings. The minimum Gasteiger partial charge on any atom is -0.366 e. The van der Waals surface area contributed by atoms with Crippen LogP contribution in [0.15, 0.2) is 18.5 Å². The summed E-state index contributed by atoms with van der Waals surface area (Å²) in [5, 5.41) is 10.7. The number of rotatable bonds is 6. The Morgan fingerprint density at radius 2 is 2.16 bits per heavy atom. The van der Waals surface area contributed by atoms with Crippen molar-refractivity contribution in [3.63, 3.8) is 0 Å². The molecule has 1 aliphatic carbocycles. The molecule has 0 bridgehead atoms. The first-order valence-electron chi connectivity index (χ1n) is 11.3. The number of amides is 1. The molecule has 7 nitrogen and oxygen atoms in total. The normalized spacial score (nSPS) is 22.6. The summed E-state index contributed by atoms with van der Waals surface area (Å²) in [4.78, 5) is 19.1. The first-order valence-corrected chi connectivity index (χ1v) is 11.3. The summed E-state index contributed by atoms with van der Waals surface area (Å²) in [6.45, 7) is 6.99. The standard InChI is InChI=1S/C23H32F2N6O/c1-14(2)21-22(32)29-20-15(3)28-19(8-18(20)30(21)4)26-10-17-11-27-31(13-17)12-16-6-5-7-23(24,25)9-16/h8,11,13-14,16,21H,5-7,9-10,12H2,1-4H3,(H,26,28)(H,29,32). The molecule has 2 unspecified atom stereocenters. The molecule has 2 atom stereocenters. The molecule has 0 aromatic carbocycles. The van der Waals surface area contributed by atoms with Crippen LogP contribution in [-0.4, -0.2) is 39.7 Å². The van der Waals surface area contributed by atoms with Gasteiger partial charge < -0.3 is 15.5 Å². The van der Waals surface area contributed by atoms with Crippen LogP contribution in [0.25, 0.3) is 0 Å². The maximum absolute atomic E-state index is 13.7. The number of nitrogens with zero attached hydrogens (tertiary/aromatic N) is 4. The van der Waals surface area contributed by atoms with Crippen molar-refractivity contribution >= 4 is 23.1 Å². The average Bonchev–Trinajstić information content (AvgIpc) is 3.13. The number of nitrogens with one attached hydrogen (secondary N) is 2. The van der Waals surface area contributed by atoms with Crippen molar-refractivity contribution < 1.29 is 13.6 Å². The van der Waals surface area contributed by atoms with Gasteiger partial charge in [0.05, 0.1) is 23.3 Å². The van der Waals surface area contributed by atoms with E-state index in [1.165, 1.54) is 0 Å². The van der Waals surface area contributed by atoms with Crippen LogP contribution in [0.2, 0.25) is 0 Å². The van der Waals surface area contributed by atoms with Gasteiger partial charge in [0.2, 0.25) is 11.8 Å². The summed E-state index contributed by atoms with van der Waals surface area (Å²) < 4.78 is 29.1. The van der Waals surface area contributed by atoms with Gasteiger partial charge in [0.1, 0.15) is 11.9 Å². The minimum absolute atomic E-state index is 0.00174. The maximum atomic E-state index is 13.7. The SMILES string of the molecule is Cc1nc(NCc2cnn(CC3CCCC(F)(F)C3)c2)cc2c1NC(=O)C(C(C)C)N2C. The van der Waals surface area contributed by atoms with Crippen LogP contribution in [0.3, 0.4) is 0 Å². The number of carbonyl (C=O) groups excluding carboxylic acids is 1. The Bertz CT molecular complexity index is 989. The third-order valence-electron chi connectivity index (χ3n) is 6.47. The van der Waals surface area contributed by atoms with Crippen molar-refractivity contribution in [2.45, 2.75) is 71.5 Å². The van der Waals surface area contributed by atoms with Crippen molar-refractivity contribution in [1.82, 2.24) is 14.8 Å². The molecule has 9 heteroatoms. The summed E-state index contributed by atoms with van der Waals surface area (Å²) in [5.41, 5.74) is 3.40. The Hall–Kier alpha value is -2.71. The molecule has 2 aromatic heterocycles. The Morgan fingerprint density at radius 3 is 2.88 bits per heavy atom. The molecule has 2 aliphatic rings. The van der Waals surface area contributed by atoms with Crippen LogP contribution < -0.4 is 15.5 Å². The van der Waals surface area contributed by atoms with E-state index in [9.17, 15) is 13.6 Å². The van der Waals surface area contributed by atoms with E-state index < -0.39 is 5.92 Å². The summed E-state index contributed by atoms with van der Waals surface area (Å²) in [6.07, 6.45) is 5.01. The molecule has 0 spiro atoms. The van der Waals surface area contributed by atoms with Crippen molar-refractivity contribution in [3.05, 3.63) is 29.7 Å². The van der Waals surface area contributed by atoms with E-state index in [-0.39, 0.29) is 36.6 Å². The molecule has 32 heavy (non-hydrogen) atoms. The quantitative estimate of drug-likeness (QED) is 0.686. The lowest BCUT2D eigenvalue weighted by atomic mass is 9.86. The zero-order chi connectivity index (χ0) is 23.0. The summed E-state index contributed by atoms with van der Waals surface area (Å²) in [5.74, 6) is -1.70. The van der Waals surface area contributed by atoms with Gasteiger partial charge in [-0.05, 0) is 31.6 Å². The van der Waals surface area contributed by atoms with Crippen molar-refractivity contribution in [1.29, 1.82) is 0 Å². The third-order valence-corrected chi connectivity index (χ3v) is 6.47. The minimum atomic E-state index is -2.54. The number of pyridine rings is 1. The molecule has 3 heterocycles. The lowest BCUT2D eigenvalue weighted by Crippen LogP contribution is -2.49. The number of likely N-dealkylation sites (N-methyl/N-ethyl adjacent to an activating group) is 1. The van der Waals surface area contributed by atoms with Gasteiger partial charge in [-0.2, -0.15) is 5.10 Å². The highest BCUT2D eigenvalue weighted by molar-refractivity contribution is 6.04. The Balaban J connectivity index is 1.42. The van der Waals surface area contributed by atoms with E-state index in [4.69, 9.17) is 0 Å². The van der Waals surface area contributed by atoms with Gasteiger partial charge in [0.25, 0.3) is 0 Å². The fourth-order valence-electron chi connectivity index (χ4n) is 4.94. The van der Waals surface area contributed by atoms with Crippen LogP contribution in [0.1, 0.15) is 50.8 Å². The Kier molecular flexibility index (Phi) is 6.09. The van der Waals surface area contributed by atoms with Gasteiger partial charge in [-0.15, -0.1) is 0 Å². The number of alkyl halides is 2. The summed E-state index contributed by atoms with van der Waals surface area (Å²) in [6, 6.07) is 1.72. The molecular formula is C23H32F2N6O. The number of anilines is 3. The monoisotopic (exact) mass is 446 g/mol. The van der Waals surface area contributed by atoms with Gasteiger partial charge in [-0.1, -0.05) is 13.8 Å². The predicted octanol–water partition coefficient (Wildman–Crippen LogP) is 4.44. The van der Waals surface area contributed by atoms with E-state index in [1.54, 1.807) is 10.9 Å². The van der Waals surface area contributed by atoms with E-state index >= 15 is 0 Å². The van der Waals surface area contributed by atoms with Gasteiger partial charge in [-0.25, -0.2) is 13.8 Å². The molecule has 2 N–H and O–H groups in total. The van der Waals surface area contributed by atoms with E-state index in [0.29, 0.717) is 25.3 Å². The first-order chi connectivity index (χ1) is 15.1. The smallest absolute Gasteiger partial charge is 0.248 e. The number of fused-ring (bicyclic) bond motifs is 1. The molecule has 1 saturated carbocycles. The summed E-state index contributed by atoms with van der Waals surface area (Å²) in [7, 11) is 1.93. The van der Waals surface area contributed by atoms with Crippen LogP contribution in [-0.2, 0) is 17.9 Å². The van der Waals surface area contributed by atoms with Gasteiger partial charge in [0.15, 0.2) is 0 Å². The maximum Gasteiger partial charge on any atom is 0.248 e. The topological polar surface area (TPSA) is 75.1 Å². The van der Waals surface area contributed by atoms with E-state index in [2.05, 4.69) is 20.7 Å². The zero-order valence-corrected chi connectivity index (χ0v) is 19.2. The largest absolute Gasteiger partial charge is 0.366 e. The van der Waals surface area contributed by atoms with Gasteiger partial charge in [-0.3, -0.25) is 9.48 Å². The highest BCUT2D eigenvalue weighted by Gasteiger charge is 2.36. The van der Waals surface area contributed by atoms with Gasteiger partial charge >= 0.3 is 0 Å². The van der Waals surface area contributed by atoms with E-state index in [1.807, 2.05) is 45.0 Å². The Morgan fingerprint density at radius 1 is 1.38 bits per heavy atom. The highest BCUT2D eigenvalue weighted by Crippen LogP contribution is 2.38. The second-order valence-corrected chi connectivity index (χ2v) is 9.52. The average molecular weight is 447 g/mol. The second kappa shape index (κ2) is 8.67. The van der Waals surface area contributed by atoms with Crippen molar-refractivity contribution in [3.8, 4) is 0 Å². The highest BCUT2D eigenvalue weighted by atomic mass is 19.3. The molecule has 0 radical (unpaired) electrons. The molecule has 0 saturated heterocycles. The predicted molar refractivity (Wildman–Crippen MR) is 121 cm³/mol. The molecule has 1 amide bonds. The molecule has 1 aliphatic heterocycles. The number of hydrogen-bond donors (Lipinski definition) is 2. The van der Waals surface area contributed by atoms with Crippen LogP contribution in [0.5, 0.6) is 0 Å². The number of halogens is 2. The molecule has 1 fully saturated rings. The van der Waals surface area contributed by atoms with Crippen molar-refractivity contribution in [2.24, 2.45) is 11.8 Å². The third kappa shape index (κ3) is 4.71. The lowest BCUT2D eigenvalue weighted by molar-refractivity contribution is -0.118. The second-order valence-electron chi connectivity index (χ2n) is 9.52. The lowest BCUT2D eigenvalue weighted by Gasteiger charge is -2.38. The number of aryl methyl sites for hydroxylation is 1. The fourth-order valence-corrected chi connectivity index (χ4v) is 4.94. The Labute approximate surface area is 187 Å². The van der Waals surface area contributed by atoms with E-state index in [0.717, 1.165) is 29.1 Å². The number of aromatic nitrogens is 3. The summed E-state index contributed by atoms with van der Waals surface area (Å²) >= 11 is 0. The van der Waals surface area contributed by atoms with Crippen molar-refractivity contribution in [2.75, 3.05) is 22.6 Å². The number of hydrogen-bond acceptors (Lipinski definition) is 5. The molecule has 174 valence electrons. The zero-order valence-electron chi connectivity index (χ0n) is 19.2. The van der Waals surface area contributed by atoms with Gasteiger partial charge in [0, 0.05) is 50.8 Å². The van der Waals surface area contributed by atoms with Crippen LogP contribution in [0.4, 0.5) is 26.0 Å². The first kappa shape index (κ1) is 22.5. The molecular weight excluding hydrogens is 414 g/mol.